The highest BCUT2D eigenvalue weighted by Crippen LogP contribution is 2.23. The molecule has 4 nitrogen and oxygen atoms in total. The van der Waals surface area contributed by atoms with Crippen molar-refractivity contribution < 1.29 is 4.79 Å². The first kappa shape index (κ1) is 10.7. The van der Waals surface area contributed by atoms with Gasteiger partial charge in [0, 0.05) is 4.47 Å². The number of benzene rings is 1. The van der Waals surface area contributed by atoms with Gasteiger partial charge < -0.3 is 11.1 Å². The van der Waals surface area contributed by atoms with Crippen LogP contribution in [0.4, 0.5) is 5.69 Å². The van der Waals surface area contributed by atoms with Crippen molar-refractivity contribution in [1.82, 2.24) is 0 Å². The average molecular weight is 254 g/mol. The van der Waals surface area contributed by atoms with Gasteiger partial charge in [0.25, 0.3) is 0 Å². The minimum absolute atomic E-state index is 0.0631. The summed E-state index contributed by atoms with van der Waals surface area (Å²) in [5.41, 5.74) is 6.29. The predicted octanol–water partition coefficient (Wildman–Crippen LogP) is 1.22. The van der Waals surface area contributed by atoms with Crippen molar-refractivity contribution in [3.8, 4) is 6.07 Å². The molecule has 3 N–H and O–H groups in total. The molecule has 0 aliphatic heterocycles. The Hall–Kier alpha value is -1.38. The summed E-state index contributed by atoms with van der Waals surface area (Å²) < 4.78 is 0.665. The van der Waals surface area contributed by atoms with Crippen LogP contribution in [0.15, 0.2) is 22.7 Å². The van der Waals surface area contributed by atoms with E-state index >= 15 is 0 Å². The Balaban J connectivity index is 2.90. The smallest absolute Gasteiger partial charge is 0.238 e. The van der Waals surface area contributed by atoms with Crippen LogP contribution in [0.2, 0.25) is 0 Å². The lowest BCUT2D eigenvalue weighted by atomic mass is 10.2. The minimum Gasteiger partial charge on any atom is -0.324 e. The molecule has 0 aliphatic carbocycles. The number of amides is 1. The third kappa shape index (κ3) is 2.55. The number of rotatable bonds is 2. The molecule has 0 spiro atoms. The van der Waals surface area contributed by atoms with Gasteiger partial charge in [-0.2, -0.15) is 5.26 Å². The topological polar surface area (TPSA) is 78.9 Å². The second-order valence-corrected chi connectivity index (χ2v) is 3.41. The van der Waals surface area contributed by atoms with Gasteiger partial charge in [-0.15, -0.1) is 0 Å². The summed E-state index contributed by atoms with van der Waals surface area (Å²) in [6.07, 6.45) is 0. The molecule has 0 saturated carbocycles. The minimum atomic E-state index is -0.268. The number of nitrogens with one attached hydrogen (secondary N) is 1. The zero-order valence-corrected chi connectivity index (χ0v) is 8.84. The van der Waals surface area contributed by atoms with Gasteiger partial charge in [0.2, 0.25) is 5.91 Å². The summed E-state index contributed by atoms with van der Waals surface area (Å²) in [5.74, 6) is -0.268. The number of hydrogen-bond donors (Lipinski definition) is 2. The van der Waals surface area contributed by atoms with Crippen molar-refractivity contribution in [2.75, 3.05) is 11.9 Å². The number of anilines is 1. The molecule has 0 aliphatic rings. The van der Waals surface area contributed by atoms with Gasteiger partial charge in [-0.3, -0.25) is 4.79 Å². The normalized spacial score (nSPS) is 9.21. The Morgan fingerprint density at radius 3 is 2.86 bits per heavy atom. The van der Waals surface area contributed by atoms with Gasteiger partial charge in [-0.1, -0.05) is 0 Å². The Labute approximate surface area is 89.8 Å². The van der Waals surface area contributed by atoms with Crippen LogP contribution >= 0.6 is 15.9 Å². The molecule has 0 atom stereocenters. The largest absolute Gasteiger partial charge is 0.324 e. The van der Waals surface area contributed by atoms with Crippen LogP contribution in [0, 0.1) is 11.3 Å². The Morgan fingerprint density at radius 1 is 1.64 bits per heavy atom. The Kier molecular flexibility index (Phi) is 3.63. The van der Waals surface area contributed by atoms with Gasteiger partial charge in [0.15, 0.2) is 0 Å². The zero-order chi connectivity index (χ0) is 10.6. The molecule has 1 aromatic carbocycles. The number of nitrogens with zero attached hydrogens (tertiary/aromatic N) is 1. The van der Waals surface area contributed by atoms with E-state index in [-0.39, 0.29) is 12.5 Å². The summed E-state index contributed by atoms with van der Waals surface area (Å²) in [4.78, 5) is 11.0. The molecular formula is C9H8BrN3O. The van der Waals surface area contributed by atoms with Crippen molar-refractivity contribution >= 4 is 27.5 Å². The van der Waals surface area contributed by atoms with E-state index in [0.717, 1.165) is 0 Å². The number of carbonyl (C=O) groups is 1. The molecule has 0 bridgehead atoms. The second kappa shape index (κ2) is 4.74. The van der Waals surface area contributed by atoms with E-state index in [0.29, 0.717) is 15.7 Å². The quantitative estimate of drug-likeness (QED) is 0.832. The summed E-state index contributed by atoms with van der Waals surface area (Å²) in [6, 6.07) is 6.90. The second-order valence-electron chi connectivity index (χ2n) is 2.56. The van der Waals surface area contributed by atoms with Crippen molar-refractivity contribution in [2.45, 2.75) is 0 Å². The van der Waals surface area contributed by atoms with Gasteiger partial charge in [0.05, 0.1) is 23.9 Å². The van der Waals surface area contributed by atoms with Crippen LogP contribution in [0.1, 0.15) is 5.56 Å². The first-order valence-corrected chi connectivity index (χ1v) is 4.66. The number of hydrogen-bond acceptors (Lipinski definition) is 3. The van der Waals surface area contributed by atoms with Crippen LogP contribution in [0.3, 0.4) is 0 Å². The lowest BCUT2D eigenvalue weighted by molar-refractivity contribution is -0.114. The molecule has 0 heterocycles. The van der Waals surface area contributed by atoms with E-state index in [1.807, 2.05) is 6.07 Å². The Bertz CT molecular complexity index is 398. The molecule has 5 heteroatoms. The predicted molar refractivity (Wildman–Crippen MR) is 56.5 cm³/mol. The zero-order valence-electron chi connectivity index (χ0n) is 7.25. The van der Waals surface area contributed by atoms with E-state index in [1.165, 1.54) is 0 Å². The fourth-order valence-corrected chi connectivity index (χ4v) is 1.37. The van der Waals surface area contributed by atoms with Crippen LogP contribution in [0.5, 0.6) is 0 Å². The fourth-order valence-electron chi connectivity index (χ4n) is 0.887. The van der Waals surface area contributed by atoms with Crippen LogP contribution in [-0.2, 0) is 4.79 Å². The SMILES string of the molecule is N#Cc1ccc(NC(=O)CN)c(Br)c1. The molecule has 1 aromatic rings. The fraction of sp³-hybridized carbons (Fsp3) is 0.111. The molecule has 72 valence electrons. The number of nitrogens with two attached hydrogens (primary N) is 1. The van der Waals surface area contributed by atoms with Gasteiger partial charge >= 0.3 is 0 Å². The highest BCUT2D eigenvalue weighted by Gasteiger charge is 2.04. The maximum atomic E-state index is 11.0. The molecule has 0 unspecified atom stereocenters. The van der Waals surface area contributed by atoms with Crippen molar-refractivity contribution in [2.24, 2.45) is 5.73 Å². The lowest BCUT2D eigenvalue weighted by Crippen LogP contribution is -2.21. The monoisotopic (exact) mass is 253 g/mol. The summed E-state index contributed by atoms with van der Waals surface area (Å²) in [6.45, 7) is -0.0631. The van der Waals surface area contributed by atoms with Crippen molar-refractivity contribution in [3.05, 3.63) is 28.2 Å². The summed E-state index contributed by atoms with van der Waals surface area (Å²) in [5, 5.41) is 11.2. The maximum absolute atomic E-state index is 11.0. The highest BCUT2D eigenvalue weighted by molar-refractivity contribution is 9.10. The average Bonchev–Trinajstić information content (AvgIpc) is 2.20. The van der Waals surface area contributed by atoms with Crippen LogP contribution < -0.4 is 11.1 Å². The highest BCUT2D eigenvalue weighted by atomic mass is 79.9. The number of nitriles is 1. The molecule has 0 fully saturated rings. The Morgan fingerprint density at radius 2 is 2.36 bits per heavy atom. The third-order valence-electron chi connectivity index (χ3n) is 1.56. The first-order chi connectivity index (χ1) is 6.67. The molecule has 0 aromatic heterocycles. The van der Waals surface area contributed by atoms with Gasteiger partial charge in [0.1, 0.15) is 0 Å². The molecule has 0 radical (unpaired) electrons. The van der Waals surface area contributed by atoms with E-state index in [2.05, 4.69) is 21.2 Å². The first-order valence-electron chi connectivity index (χ1n) is 3.87. The number of halogens is 1. The van der Waals surface area contributed by atoms with Gasteiger partial charge in [-0.05, 0) is 34.1 Å². The van der Waals surface area contributed by atoms with E-state index in [9.17, 15) is 4.79 Å². The number of carbonyl (C=O) groups excluding carboxylic acids is 1. The van der Waals surface area contributed by atoms with E-state index in [4.69, 9.17) is 11.0 Å². The lowest BCUT2D eigenvalue weighted by Gasteiger charge is -2.05. The third-order valence-corrected chi connectivity index (χ3v) is 2.21. The van der Waals surface area contributed by atoms with E-state index < -0.39 is 0 Å². The van der Waals surface area contributed by atoms with Gasteiger partial charge in [-0.25, -0.2) is 0 Å². The van der Waals surface area contributed by atoms with E-state index in [1.54, 1.807) is 18.2 Å². The molecular weight excluding hydrogens is 246 g/mol. The standard InChI is InChI=1S/C9H8BrN3O/c10-7-3-6(4-11)1-2-8(7)13-9(14)5-12/h1-3H,5,12H2,(H,13,14). The van der Waals surface area contributed by atoms with Crippen molar-refractivity contribution in [3.63, 3.8) is 0 Å². The van der Waals surface area contributed by atoms with Crippen molar-refractivity contribution in [1.29, 1.82) is 5.26 Å². The maximum Gasteiger partial charge on any atom is 0.238 e. The molecule has 1 amide bonds. The summed E-state index contributed by atoms with van der Waals surface area (Å²) >= 11 is 3.24. The molecule has 14 heavy (non-hydrogen) atoms. The molecule has 1 rings (SSSR count). The van der Waals surface area contributed by atoms with Crippen LogP contribution in [-0.4, -0.2) is 12.5 Å². The van der Waals surface area contributed by atoms with Crippen LogP contribution in [0.25, 0.3) is 0 Å². The summed E-state index contributed by atoms with van der Waals surface area (Å²) in [7, 11) is 0. The molecule has 0 saturated heterocycles.